The second-order valence-electron chi connectivity index (χ2n) is 5.64. The Morgan fingerprint density at radius 2 is 2.04 bits per heavy atom. The molecule has 0 heterocycles. The molecule has 2 N–H and O–H groups in total. The maximum Gasteiger partial charge on any atom is 0.338 e. The van der Waals surface area contributed by atoms with Gasteiger partial charge in [-0.05, 0) is 54.5 Å². The Morgan fingerprint density at radius 1 is 1.26 bits per heavy atom. The van der Waals surface area contributed by atoms with E-state index in [2.05, 4.69) is 10.6 Å². The first kappa shape index (κ1) is 21.8. The summed E-state index contributed by atoms with van der Waals surface area (Å²) < 4.78 is 4.79. The summed E-state index contributed by atoms with van der Waals surface area (Å²) in [5.41, 5.74) is 3.14. The molecule has 0 aliphatic carbocycles. The highest BCUT2D eigenvalue weighted by Gasteiger charge is 2.12. The molecule has 0 atom stereocenters. The number of benzene rings is 2. The summed E-state index contributed by atoms with van der Waals surface area (Å²) in [5.74, 6) is 1.30. The molecule has 0 fully saturated rings. The van der Waals surface area contributed by atoms with Crippen LogP contribution in [0.1, 0.15) is 21.5 Å². The lowest BCUT2D eigenvalue weighted by Gasteiger charge is -2.14. The molecule has 0 saturated heterocycles. The first-order chi connectivity index (χ1) is 12.9. The molecule has 0 saturated carbocycles. The van der Waals surface area contributed by atoms with Crippen molar-refractivity contribution in [2.45, 2.75) is 12.7 Å². The summed E-state index contributed by atoms with van der Waals surface area (Å²) >= 11 is 19.1. The number of carbonyl (C=O) groups excluding carboxylic acids is 1. The fourth-order valence-electron chi connectivity index (χ4n) is 2.33. The Bertz CT molecular complexity index is 831. The molecule has 2 aromatic carbocycles. The quantitative estimate of drug-likeness (QED) is 0.344. The van der Waals surface area contributed by atoms with Gasteiger partial charge in [0.1, 0.15) is 0 Å². The summed E-state index contributed by atoms with van der Waals surface area (Å²) in [6.45, 7) is 2.56. The number of rotatable bonds is 7. The first-order valence-electron chi connectivity index (χ1n) is 8.17. The molecule has 0 aromatic heterocycles. The summed E-state index contributed by atoms with van der Waals surface area (Å²) in [6.07, 6.45) is 0. The van der Waals surface area contributed by atoms with E-state index in [-0.39, 0.29) is 5.97 Å². The minimum Gasteiger partial charge on any atom is -0.465 e. The second-order valence-corrected chi connectivity index (χ2v) is 8.00. The lowest BCUT2D eigenvalue weighted by molar-refractivity contribution is 0.0600. The topological polar surface area (TPSA) is 50.4 Å². The maximum atomic E-state index is 11.8. The molecule has 8 heteroatoms. The number of ether oxygens (including phenoxy) is 1. The number of methoxy groups -OCH3 is 1. The predicted octanol–water partition coefficient (Wildman–Crippen LogP) is 5.31. The number of esters is 1. The largest absolute Gasteiger partial charge is 0.465 e. The number of carbonyl (C=O) groups is 1. The first-order valence-corrected chi connectivity index (χ1v) is 10.5. The van der Waals surface area contributed by atoms with E-state index >= 15 is 0 Å². The van der Waals surface area contributed by atoms with Crippen LogP contribution >= 0.6 is 47.2 Å². The van der Waals surface area contributed by atoms with E-state index in [9.17, 15) is 4.79 Å². The van der Waals surface area contributed by atoms with Crippen LogP contribution in [0.4, 0.5) is 5.69 Å². The van der Waals surface area contributed by atoms with Crippen LogP contribution in [0, 0.1) is 6.92 Å². The predicted molar refractivity (Wildman–Crippen MR) is 119 cm³/mol. The van der Waals surface area contributed by atoms with Gasteiger partial charge in [0.2, 0.25) is 0 Å². The van der Waals surface area contributed by atoms with Gasteiger partial charge in [0.15, 0.2) is 5.11 Å². The smallest absolute Gasteiger partial charge is 0.338 e. The number of thioether (sulfide) groups is 1. The van der Waals surface area contributed by atoms with Gasteiger partial charge >= 0.3 is 5.97 Å². The molecule has 27 heavy (non-hydrogen) atoms. The minimum absolute atomic E-state index is 0.368. The molecule has 0 bridgehead atoms. The second kappa shape index (κ2) is 10.8. The molecular formula is C19H20Cl2N2O2S2. The van der Waals surface area contributed by atoms with Crippen molar-refractivity contribution in [1.29, 1.82) is 0 Å². The average Bonchev–Trinajstić information content (AvgIpc) is 2.64. The van der Waals surface area contributed by atoms with Crippen molar-refractivity contribution in [2.24, 2.45) is 0 Å². The van der Waals surface area contributed by atoms with Crippen molar-refractivity contribution in [1.82, 2.24) is 5.32 Å². The van der Waals surface area contributed by atoms with Gasteiger partial charge in [0.05, 0.1) is 12.7 Å². The summed E-state index contributed by atoms with van der Waals surface area (Å²) in [6, 6.07) is 10.9. The summed E-state index contributed by atoms with van der Waals surface area (Å²) in [4.78, 5) is 11.8. The summed E-state index contributed by atoms with van der Waals surface area (Å²) in [7, 11) is 1.36. The van der Waals surface area contributed by atoms with Crippen LogP contribution in [0.25, 0.3) is 0 Å². The van der Waals surface area contributed by atoms with E-state index in [0.717, 1.165) is 28.3 Å². The Kier molecular flexibility index (Phi) is 8.70. The average molecular weight is 443 g/mol. The molecular weight excluding hydrogens is 423 g/mol. The minimum atomic E-state index is -0.368. The number of hydrogen-bond donors (Lipinski definition) is 2. The molecule has 4 nitrogen and oxygen atoms in total. The molecule has 0 radical (unpaired) electrons. The van der Waals surface area contributed by atoms with Crippen molar-refractivity contribution in [3.8, 4) is 0 Å². The highest BCUT2D eigenvalue weighted by Crippen LogP contribution is 2.24. The zero-order valence-electron chi connectivity index (χ0n) is 15.0. The molecule has 0 aliphatic rings. The van der Waals surface area contributed by atoms with Crippen LogP contribution in [0.5, 0.6) is 0 Å². The number of nitrogens with one attached hydrogen (secondary N) is 2. The van der Waals surface area contributed by atoms with Crippen LogP contribution in [0.2, 0.25) is 10.0 Å². The van der Waals surface area contributed by atoms with Gasteiger partial charge in [-0.3, -0.25) is 0 Å². The molecule has 2 rings (SSSR count). The normalized spacial score (nSPS) is 10.4. The van der Waals surface area contributed by atoms with Crippen LogP contribution in [-0.4, -0.2) is 30.5 Å². The van der Waals surface area contributed by atoms with Gasteiger partial charge in [-0.25, -0.2) is 4.79 Å². The van der Waals surface area contributed by atoms with E-state index in [1.54, 1.807) is 30.0 Å². The number of halogens is 2. The Labute approximate surface area is 179 Å². The fourth-order valence-corrected chi connectivity index (χ4v) is 3.96. The third-order valence-electron chi connectivity index (χ3n) is 3.79. The monoisotopic (exact) mass is 442 g/mol. The molecule has 144 valence electrons. The van der Waals surface area contributed by atoms with Crippen LogP contribution < -0.4 is 10.6 Å². The number of hydrogen-bond acceptors (Lipinski definition) is 4. The lowest BCUT2D eigenvalue weighted by atomic mass is 10.1. The molecule has 0 amide bonds. The van der Waals surface area contributed by atoms with Crippen molar-refractivity contribution < 1.29 is 9.53 Å². The molecule has 2 aromatic rings. The zero-order valence-corrected chi connectivity index (χ0v) is 18.1. The van der Waals surface area contributed by atoms with E-state index in [1.807, 2.05) is 25.1 Å². The van der Waals surface area contributed by atoms with Gasteiger partial charge in [0, 0.05) is 33.8 Å². The maximum absolute atomic E-state index is 11.8. The van der Waals surface area contributed by atoms with Gasteiger partial charge in [-0.1, -0.05) is 35.3 Å². The van der Waals surface area contributed by atoms with Crippen molar-refractivity contribution >= 4 is 64.0 Å². The lowest BCUT2D eigenvalue weighted by Crippen LogP contribution is -2.30. The van der Waals surface area contributed by atoms with Crippen molar-refractivity contribution in [2.75, 3.05) is 24.7 Å². The number of thiocarbonyl (C=S) groups is 1. The van der Waals surface area contributed by atoms with Crippen molar-refractivity contribution in [3.05, 3.63) is 63.1 Å². The van der Waals surface area contributed by atoms with Crippen LogP contribution in [0.3, 0.4) is 0 Å². The Hall–Kier alpha value is -1.47. The van der Waals surface area contributed by atoms with Gasteiger partial charge < -0.3 is 15.4 Å². The van der Waals surface area contributed by atoms with Crippen LogP contribution in [-0.2, 0) is 10.5 Å². The molecule has 0 spiro atoms. The fraction of sp³-hybridized carbons (Fsp3) is 0.263. The Balaban J connectivity index is 1.77. The highest BCUT2D eigenvalue weighted by atomic mass is 35.5. The van der Waals surface area contributed by atoms with Crippen molar-refractivity contribution in [3.63, 3.8) is 0 Å². The van der Waals surface area contributed by atoms with Gasteiger partial charge in [-0.15, -0.1) is 0 Å². The molecule has 0 aliphatic heterocycles. The van der Waals surface area contributed by atoms with E-state index in [0.29, 0.717) is 27.3 Å². The van der Waals surface area contributed by atoms with Gasteiger partial charge in [0.25, 0.3) is 0 Å². The zero-order chi connectivity index (χ0) is 19.8. The van der Waals surface area contributed by atoms with E-state index in [1.165, 1.54) is 7.11 Å². The van der Waals surface area contributed by atoms with Crippen LogP contribution in [0.15, 0.2) is 36.4 Å². The van der Waals surface area contributed by atoms with E-state index < -0.39 is 0 Å². The third-order valence-corrected chi connectivity index (χ3v) is 5.63. The van der Waals surface area contributed by atoms with E-state index in [4.69, 9.17) is 40.2 Å². The number of anilines is 1. The SMILES string of the molecule is COC(=O)c1cccc(NC(=S)NCCSCc2ccc(Cl)cc2Cl)c1C. The van der Waals surface area contributed by atoms with Gasteiger partial charge in [-0.2, -0.15) is 11.8 Å². The summed E-state index contributed by atoms with van der Waals surface area (Å²) in [5, 5.41) is 8.11. The highest BCUT2D eigenvalue weighted by molar-refractivity contribution is 7.98. The standard InChI is InChI=1S/C19H20Cl2N2O2S2/c1-12-15(18(24)25-2)4-3-5-17(12)23-19(26)22-8-9-27-11-13-6-7-14(20)10-16(13)21/h3-7,10H,8-9,11H2,1-2H3,(H2,22,23,26). The molecule has 0 unspecified atom stereocenters. The third kappa shape index (κ3) is 6.57. The Morgan fingerprint density at radius 3 is 2.74 bits per heavy atom.